The molecule has 3 aromatic rings. The Balaban J connectivity index is 1.38. The molecule has 1 aromatic heterocycles. The predicted octanol–water partition coefficient (Wildman–Crippen LogP) is 5.69. The molecule has 0 aliphatic carbocycles. The first-order valence-electron chi connectivity index (χ1n) is 9.35. The Kier molecular flexibility index (Phi) is 5.21. The summed E-state index contributed by atoms with van der Waals surface area (Å²) in [5.74, 6) is 0. The van der Waals surface area contributed by atoms with Crippen LogP contribution in [0.3, 0.4) is 0 Å². The van der Waals surface area contributed by atoms with Gasteiger partial charge >= 0.3 is 6.09 Å². The lowest BCUT2D eigenvalue weighted by Crippen LogP contribution is -2.39. The summed E-state index contributed by atoms with van der Waals surface area (Å²) in [5.41, 5.74) is 3.51. The van der Waals surface area contributed by atoms with E-state index in [-0.39, 0.29) is 6.09 Å². The second-order valence-corrected chi connectivity index (χ2v) is 7.90. The molecular formula is C22H23BrN2O2. The Bertz CT molecular complexity index is 944. The minimum absolute atomic E-state index is 0.215. The molecule has 0 atom stereocenters. The Morgan fingerprint density at radius 2 is 1.85 bits per heavy atom. The molecule has 0 unspecified atom stereocenters. The standard InChI is InChI=1S/C22H23BrN2O2/c1-16-7-8-20-19(21(16)23)11-14-25(20)18-9-12-24(13-10-18)22(26)27-15-17-5-3-2-4-6-17/h2-8,11,14,18H,9-10,12-13,15H2,1H3. The summed E-state index contributed by atoms with van der Waals surface area (Å²) < 4.78 is 8.99. The van der Waals surface area contributed by atoms with E-state index in [1.54, 1.807) is 0 Å². The van der Waals surface area contributed by atoms with Crippen LogP contribution in [-0.2, 0) is 11.3 Å². The molecule has 2 aromatic carbocycles. The molecule has 1 fully saturated rings. The molecule has 4 rings (SSSR count). The van der Waals surface area contributed by atoms with Crippen LogP contribution in [0.25, 0.3) is 10.9 Å². The summed E-state index contributed by atoms with van der Waals surface area (Å²) in [7, 11) is 0. The van der Waals surface area contributed by atoms with Crippen molar-refractivity contribution < 1.29 is 9.53 Å². The molecule has 0 saturated carbocycles. The second kappa shape index (κ2) is 7.77. The van der Waals surface area contributed by atoms with Gasteiger partial charge in [0, 0.05) is 40.7 Å². The van der Waals surface area contributed by atoms with Crippen LogP contribution in [0.4, 0.5) is 4.79 Å². The summed E-state index contributed by atoms with van der Waals surface area (Å²) in [5, 5.41) is 1.25. The monoisotopic (exact) mass is 426 g/mol. The number of benzene rings is 2. The number of nitrogens with zero attached hydrogens (tertiary/aromatic N) is 2. The molecule has 0 N–H and O–H groups in total. The largest absolute Gasteiger partial charge is 0.445 e. The maximum atomic E-state index is 12.3. The summed E-state index contributed by atoms with van der Waals surface area (Å²) in [6.45, 7) is 3.89. The Labute approximate surface area is 167 Å². The molecule has 4 nitrogen and oxygen atoms in total. The number of carbonyl (C=O) groups excluding carboxylic acids is 1. The van der Waals surface area contributed by atoms with Crippen LogP contribution in [-0.4, -0.2) is 28.6 Å². The first-order chi connectivity index (χ1) is 13.1. The Hall–Kier alpha value is -2.27. The summed E-state index contributed by atoms with van der Waals surface area (Å²) in [6, 6.07) is 16.7. The molecule has 0 radical (unpaired) electrons. The van der Waals surface area contributed by atoms with Gasteiger partial charge in [0.25, 0.3) is 0 Å². The smallest absolute Gasteiger partial charge is 0.410 e. The number of ether oxygens (including phenoxy) is 1. The zero-order valence-corrected chi connectivity index (χ0v) is 17.0. The van der Waals surface area contributed by atoms with Gasteiger partial charge in [-0.15, -0.1) is 0 Å². The predicted molar refractivity (Wildman–Crippen MR) is 111 cm³/mol. The fourth-order valence-electron chi connectivity index (χ4n) is 3.77. The molecule has 27 heavy (non-hydrogen) atoms. The summed E-state index contributed by atoms with van der Waals surface area (Å²) in [6.07, 6.45) is 3.84. The van der Waals surface area contributed by atoms with Gasteiger partial charge in [-0.05, 0) is 59.0 Å². The number of piperidine rings is 1. The number of rotatable bonds is 3. The van der Waals surface area contributed by atoms with Crippen molar-refractivity contribution in [1.29, 1.82) is 0 Å². The minimum atomic E-state index is -0.215. The number of fused-ring (bicyclic) bond motifs is 1. The van der Waals surface area contributed by atoms with Crippen molar-refractivity contribution in [2.45, 2.75) is 32.4 Å². The van der Waals surface area contributed by atoms with Crippen LogP contribution in [0, 0.1) is 6.92 Å². The molecule has 1 saturated heterocycles. The average Bonchev–Trinajstić information content (AvgIpc) is 3.14. The third kappa shape index (κ3) is 3.74. The second-order valence-electron chi connectivity index (χ2n) is 7.11. The Morgan fingerprint density at radius 3 is 2.59 bits per heavy atom. The van der Waals surface area contributed by atoms with Crippen molar-refractivity contribution >= 4 is 32.9 Å². The highest BCUT2D eigenvalue weighted by Gasteiger charge is 2.25. The maximum Gasteiger partial charge on any atom is 0.410 e. The van der Waals surface area contributed by atoms with Gasteiger partial charge in [0.05, 0.1) is 0 Å². The molecule has 0 bridgehead atoms. The highest BCUT2D eigenvalue weighted by Crippen LogP contribution is 2.33. The molecule has 1 aliphatic heterocycles. The summed E-state index contributed by atoms with van der Waals surface area (Å²) >= 11 is 3.70. The van der Waals surface area contributed by atoms with E-state index in [0.29, 0.717) is 12.6 Å². The van der Waals surface area contributed by atoms with Crippen LogP contribution in [0.1, 0.15) is 30.0 Å². The third-order valence-electron chi connectivity index (χ3n) is 5.35. The number of hydrogen-bond acceptors (Lipinski definition) is 2. The fourth-order valence-corrected chi connectivity index (χ4v) is 4.23. The van der Waals surface area contributed by atoms with Crippen molar-refractivity contribution in [3.8, 4) is 0 Å². The van der Waals surface area contributed by atoms with Gasteiger partial charge in [-0.3, -0.25) is 0 Å². The highest BCUT2D eigenvalue weighted by atomic mass is 79.9. The number of hydrogen-bond donors (Lipinski definition) is 0. The van der Waals surface area contributed by atoms with Gasteiger partial charge in [0.1, 0.15) is 6.61 Å². The number of amides is 1. The normalized spacial score (nSPS) is 15.3. The van der Waals surface area contributed by atoms with Crippen LogP contribution < -0.4 is 0 Å². The fraction of sp³-hybridized carbons (Fsp3) is 0.318. The van der Waals surface area contributed by atoms with Gasteiger partial charge < -0.3 is 14.2 Å². The van der Waals surface area contributed by atoms with E-state index < -0.39 is 0 Å². The molecule has 140 valence electrons. The lowest BCUT2D eigenvalue weighted by Gasteiger charge is -2.32. The van der Waals surface area contributed by atoms with E-state index in [4.69, 9.17) is 4.74 Å². The quantitative estimate of drug-likeness (QED) is 0.539. The average molecular weight is 427 g/mol. The van der Waals surface area contributed by atoms with Crippen LogP contribution in [0.5, 0.6) is 0 Å². The first kappa shape index (κ1) is 18.1. The maximum absolute atomic E-state index is 12.3. The third-order valence-corrected chi connectivity index (χ3v) is 6.40. The molecule has 2 heterocycles. The van der Waals surface area contributed by atoms with Crippen LogP contribution in [0.15, 0.2) is 59.2 Å². The van der Waals surface area contributed by atoms with Crippen molar-refractivity contribution in [3.63, 3.8) is 0 Å². The van der Waals surface area contributed by atoms with Gasteiger partial charge in [-0.25, -0.2) is 4.79 Å². The lowest BCUT2D eigenvalue weighted by molar-refractivity contribution is 0.0834. The van der Waals surface area contributed by atoms with Gasteiger partial charge in [-0.2, -0.15) is 0 Å². The van der Waals surface area contributed by atoms with Crippen LogP contribution in [0.2, 0.25) is 0 Å². The molecular weight excluding hydrogens is 404 g/mol. The van der Waals surface area contributed by atoms with E-state index in [9.17, 15) is 4.79 Å². The van der Waals surface area contributed by atoms with E-state index in [1.807, 2.05) is 35.2 Å². The number of aryl methyl sites for hydroxylation is 1. The zero-order chi connectivity index (χ0) is 18.8. The summed E-state index contributed by atoms with van der Waals surface area (Å²) in [4.78, 5) is 14.2. The molecule has 1 aliphatic rings. The van der Waals surface area contributed by atoms with Crippen molar-refractivity contribution in [1.82, 2.24) is 9.47 Å². The van der Waals surface area contributed by atoms with E-state index in [2.05, 4.69) is 51.8 Å². The first-order valence-corrected chi connectivity index (χ1v) is 10.1. The highest BCUT2D eigenvalue weighted by molar-refractivity contribution is 9.10. The Morgan fingerprint density at radius 1 is 1.11 bits per heavy atom. The van der Waals surface area contributed by atoms with E-state index in [0.717, 1.165) is 31.5 Å². The number of likely N-dealkylation sites (tertiary alicyclic amines) is 1. The van der Waals surface area contributed by atoms with Gasteiger partial charge in [-0.1, -0.05) is 36.4 Å². The lowest BCUT2D eigenvalue weighted by atomic mass is 10.0. The number of carbonyl (C=O) groups is 1. The van der Waals surface area contributed by atoms with Gasteiger partial charge in [0.2, 0.25) is 0 Å². The number of halogens is 1. The SMILES string of the molecule is Cc1ccc2c(ccn2C2CCN(C(=O)OCc3ccccc3)CC2)c1Br. The zero-order valence-electron chi connectivity index (χ0n) is 15.4. The van der Waals surface area contributed by atoms with Crippen molar-refractivity contribution in [2.75, 3.05) is 13.1 Å². The van der Waals surface area contributed by atoms with Crippen molar-refractivity contribution in [2.24, 2.45) is 0 Å². The van der Waals surface area contributed by atoms with E-state index in [1.165, 1.54) is 20.9 Å². The molecule has 1 amide bonds. The van der Waals surface area contributed by atoms with Crippen molar-refractivity contribution in [3.05, 3.63) is 70.3 Å². The molecule has 5 heteroatoms. The van der Waals surface area contributed by atoms with E-state index >= 15 is 0 Å². The number of aromatic nitrogens is 1. The van der Waals surface area contributed by atoms with Crippen LogP contribution >= 0.6 is 15.9 Å². The minimum Gasteiger partial charge on any atom is -0.445 e. The topological polar surface area (TPSA) is 34.5 Å². The van der Waals surface area contributed by atoms with Gasteiger partial charge in [0.15, 0.2) is 0 Å². The molecule has 0 spiro atoms.